The number of benzene rings is 2. The molecule has 6 heteroatoms. The van der Waals surface area contributed by atoms with E-state index < -0.39 is 5.97 Å². The minimum atomic E-state index is -0.833. The number of carboxylic acids is 1. The van der Waals surface area contributed by atoms with Crippen molar-refractivity contribution in [2.75, 3.05) is 25.0 Å². The number of nitrogens with one attached hydrogen (secondary N) is 1. The molecule has 0 saturated heterocycles. The molecule has 5 nitrogen and oxygen atoms in total. The Labute approximate surface area is 249 Å². The van der Waals surface area contributed by atoms with Crippen LogP contribution < -0.4 is 10.2 Å². The zero-order valence-corrected chi connectivity index (χ0v) is 25.2. The van der Waals surface area contributed by atoms with Crippen LogP contribution in [0.3, 0.4) is 0 Å². The van der Waals surface area contributed by atoms with Crippen molar-refractivity contribution in [1.29, 1.82) is 0 Å². The number of hydrogen-bond acceptors (Lipinski definition) is 5. The van der Waals surface area contributed by atoms with Crippen LogP contribution in [0.25, 0.3) is 11.3 Å². The van der Waals surface area contributed by atoms with Gasteiger partial charge in [0.1, 0.15) is 5.01 Å². The van der Waals surface area contributed by atoms with Crippen molar-refractivity contribution < 1.29 is 9.90 Å². The molecule has 0 amide bonds. The molecule has 0 radical (unpaired) electrons. The maximum Gasteiger partial charge on any atom is 0.300 e. The zero-order chi connectivity index (χ0) is 28.9. The standard InChI is InChI=1S/C33H39N3S.C2H4O2/c1-36(22-21-26-13-15-29(16-14-26)28-11-7-4-8-12-28)31-19-17-30(18-20-31)32-25-37-33(35-32)24-34-23-27-9-5-2-3-6-10-27;1-2(3)4/h2,5-6,9-10,13-20,25,28,34H,3-4,7-8,11-12,21-24H2,1H3;1H3,(H,3,4). The van der Waals surface area contributed by atoms with Crippen LogP contribution in [0, 0.1) is 0 Å². The Kier molecular flexibility index (Phi) is 12.0. The number of aliphatic carboxylic acids is 1. The molecular formula is C35H43N3O2S. The second kappa shape index (κ2) is 16.1. The van der Waals surface area contributed by atoms with Gasteiger partial charge in [0.05, 0.1) is 5.69 Å². The van der Waals surface area contributed by atoms with Crippen molar-refractivity contribution in [2.45, 2.75) is 64.3 Å². The number of likely N-dealkylation sites (N-methyl/N-ethyl adjacent to an activating group) is 1. The highest BCUT2D eigenvalue weighted by Gasteiger charge is 2.15. The predicted octanol–water partition coefficient (Wildman–Crippen LogP) is 8.16. The van der Waals surface area contributed by atoms with Gasteiger partial charge >= 0.3 is 0 Å². The monoisotopic (exact) mass is 569 g/mol. The summed E-state index contributed by atoms with van der Waals surface area (Å²) in [5.41, 5.74) is 7.76. The Morgan fingerprint density at radius 2 is 1.76 bits per heavy atom. The number of aromatic nitrogens is 1. The molecule has 41 heavy (non-hydrogen) atoms. The summed E-state index contributed by atoms with van der Waals surface area (Å²) >= 11 is 1.73. The second-order valence-corrected chi connectivity index (χ2v) is 11.8. The first-order valence-electron chi connectivity index (χ1n) is 14.8. The van der Waals surface area contributed by atoms with Crippen molar-refractivity contribution >= 4 is 23.0 Å². The third kappa shape index (κ3) is 10.1. The highest BCUT2D eigenvalue weighted by Crippen LogP contribution is 2.32. The van der Waals surface area contributed by atoms with E-state index in [0.29, 0.717) is 0 Å². The third-order valence-electron chi connectivity index (χ3n) is 7.60. The van der Waals surface area contributed by atoms with Crippen LogP contribution in [0.5, 0.6) is 0 Å². The van der Waals surface area contributed by atoms with Crippen LogP contribution in [-0.2, 0) is 17.8 Å². The summed E-state index contributed by atoms with van der Waals surface area (Å²) in [5, 5.41) is 14.2. The Hall–Kier alpha value is -3.48. The van der Waals surface area contributed by atoms with Gasteiger partial charge in [0, 0.05) is 50.2 Å². The molecule has 0 bridgehead atoms. The number of anilines is 1. The lowest BCUT2D eigenvalue weighted by Crippen LogP contribution is -2.20. The van der Waals surface area contributed by atoms with E-state index in [0.717, 1.165) is 56.0 Å². The topological polar surface area (TPSA) is 65.5 Å². The Bertz CT molecular complexity index is 1310. The number of hydrogen-bond donors (Lipinski definition) is 2. The quantitative estimate of drug-likeness (QED) is 0.258. The van der Waals surface area contributed by atoms with E-state index in [-0.39, 0.29) is 0 Å². The van der Waals surface area contributed by atoms with Crippen LogP contribution in [0.4, 0.5) is 5.69 Å². The summed E-state index contributed by atoms with van der Waals surface area (Å²) in [6.07, 6.45) is 19.9. The molecule has 0 aliphatic heterocycles. The number of carboxylic acid groups (broad SMARTS) is 1. The second-order valence-electron chi connectivity index (χ2n) is 10.9. The first kappa shape index (κ1) is 30.5. The normalized spacial score (nSPS) is 15.0. The Balaban J connectivity index is 0.000000909. The summed E-state index contributed by atoms with van der Waals surface area (Å²) in [7, 11) is 2.19. The minimum Gasteiger partial charge on any atom is -0.481 e. The molecule has 2 aliphatic rings. The summed E-state index contributed by atoms with van der Waals surface area (Å²) in [4.78, 5) is 16.2. The molecule has 2 N–H and O–H groups in total. The predicted molar refractivity (Wildman–Crippen MR) is 173 cm³/mol. The number of thiazole rings is 1. The molecule has 2 aliphatic carbocycles. The van der Waals surface area contributed by atoms with Crippen molar-refractivity contribution in [1.82, 2.24) is 10.3 Å². The molecule has 1 saturated carbocycles. The average molecular weight is 570 g/mol. The molecule has 1 heterocycles. The summed E-state index contributed by atoms with van der Waals surface area (Å²) in [6.45, 7) is 3.75. The van der Waals surface area contributed by atoms with E-state index in [1.807, 2.05) is 0 Å². The molecule has 0 atom stereocenters. The molecule has 216 valence electrons. The van der Waals surface area contributed by atoms with Crippen LogP contribution in [-0.4, -0.2) is 36.2 Å². The van der Waals surface area contributed by atoms with Gasteiger partial charge in [-0.25, -0.2) is 4.98 Å². The molecule has 0 spiro atoms. The average Bonchev–Trinajstić information content (AvgIpc) is 3.31. The fraction of sp³-hybridized carbons (Fsp3) is 0.371. The van der Waals surface area contributed by atoms with Gasteiger partial charge in [0.15, 0.2) is 0 Å². The maximum absolute atomic E-state index is 9.00. The van der Waals surface area contributed by atoms with Gasteiger partial charge in [-0.1, -0.05) is 86.0 Å². The van der Waals surface area contributed by atoms with E-state index in [4.69, 9.17) is 14.9 Å². The molecule has 3 aromatic rings. The van der Waals surface area contributed by atoms with Crippen LogP contribution in [0.1, 0.15) is 67.5 Å². The summed E-state index contributed by atoms with van der Waals surface area (Å²) < 4.78 is 0. The molecule has 0 unspecified atom stereocenters. The maximum atomic E-state index is 9.00. The fourth-order valence-corrected chi connectivity index (χ4v) is 6.06. The van der Waals surface area contributed by atoms with Crippen molar-refractivity contribution in [3.05, 3.63) is 106 Å². The van der Waals surface area contributed by atoms with Gasteiger partial charge in [0.25, 0.3) is 5.97 Å². The zero-order valence-electron chi connectivity index (χ0n) is 24.4. The van der Waals surface area contributed by atoms with Crippen molar-refractivity contribution in [3.63, 3.8) is 0 Å². The number of carbonyl (C=O) groups is 1. The van der Waals surface area contributed by atoms with Gasteiger partial charge in [0.2, 0.25) is 0 Å². The van der Waals surface area contributed by atoms with Gasteiger partial charge in [-0.15, -0.1) is 11.3 Å². The van der Waals surface area contributed by atoms with E-state index >= 15 is 0 Å². The SMILES string of the molecule is CC(=O)O.CN(CCc1ccc(C2CCCCC2)cc1)c1ccc(-c2csc(CNCC3=CC=CCC=C3)n2)cc1. The highest BCUT2D eigenvalue weighted by molar-refractivity contribution is 7.09. The summed E-state index contributed by atoms with van der Waals surface area (Å²) in [5.74, 6) is -0.0482. The number of allylic oxidation sites excluding steroid dienone is 4. The Morgan fingerprint density at radius 1 is 1.02 bits per heavy atom. The van der Waals surface area contributed by atoms with E-state index in [9.17, 15) is 0 Å². The lowest BCUT2D eigenvalue weighted by molar-refractivity contribution is -0.134. The van der Waals surface area contributed by atoms with Crippen LogP contribution >= 0.6 is 11.3 Å². The molecule has 5 rings (SSSR count). The third-order valence-corrected chi connectivity index (χ3v) is 8.45. The summed E-state index contributed by atoms with van der Waals surface area (Å²) in [6, 6.07) is 18.3. The van der Waals surface area contributed by atoms with E-state index in [2.05, 4.69) is 102 Å². The Morgan fingerprint density at radius 3 is 2.49 bits per heavy atom. The first-order valence-corrected chi connectivity index (χ1v) is 15.6. The molecule has 1 aromatic heterocycles. The van der Waals surface area contributed by atoms with Gasteiger partial charge in [-0.3, -0.25) is 4.79 Å². The molecule has 1 fully saturated rings. The lowest BCUT2D eigenvalue weighted by atomic mass is 9.84. The largest absolute Gasteiger partial charge is 0.481 e. The molecular weight excluding hydrogens is 526 g/mol. The van der Waals surface area contributed by atoms with Gasteiger partial charge < -0.3 is 15.3 Å². The number of nitrogens with zero attached hydrogens (tertiary/aromatic N) is 2. The van der Waals surface area contributed by atoms with Gasteiger partial charge in [-0.05, 0) is 60.4 Å². The van der Waals surface area contributed by atoms with Crippen LogP contribution in [0.2, 0.25) is 0 Å². The van der Waals surface area contributed by atoms with Crippen molar-refractivity contribution in [2.24, 2.45) is 0 Å². The van der Waals surface area contributed by atoms with E-state index in [1.54, 1.807) is 16.9 Å². The fourth-order valence-electron chi connectivity index (χ4n) is 5.29. The van der Waals surface area contributed by atoms with E-state index in [1.165, 1.54) is 54.5 Å². The van der Waals surface area contributed by atoms with Crippen LogP contribution in [0.15, 0.2) is 89.9 Å². The highest BCUT2D eigenvalue weighted by atomic mass is 32.1. The smallest absolute Gasteiger partial charge is 0.300 e. The van der Waals surface area contributed by atoms with Crippen molar-refractivity contribution in [3.8, 4) is 11.3 Å². The number of rotatable bonds is 10. The molecule has 2 aromatic carbocycles. The van der Waals surface area contributed by atoms with Gasteiger partial charge in [-0.2, -0.15) is 0 Å². The minimum absolute atomic E-state index is 0.785. The first-order chi connectivity index (χ1) is 20.0. The lowest BCUT2D eigenvalue weighted by Gasteiger charge is -2.22.